The molecule has 0 fully saturated rings. The predicted molar refractivity (Wildman–Crippen MR) is 52.9 cm³/mol. The van der Waals surface area contributed by atoms with Gasteiger partial charge in [-0.1, -0.05) is 25.5 Å². The van der Waals surface area contributed by atoms with Crippen molar-refractivity contribution in [2.75, 3.05) is 0 Å². The maximum absolute atomic E-state index is 8.57. The van der Waals surface area contributed by atoms with Gasteiger partial charge in [0.25, 0.3) is 0 Å². The monoisotopic (exact) mass is 172 g/mol. The number of nitrogens with one attached hydrogen (secondary N) is 1. The van der Waals surface area contributed by atoms with Crippen LogP contribution in [-0.2, 0) is 0 Å². The van der Waals surface area contributed by atoms with Crippen molar-refractivity contribution in [3.8, 4) is 6.07 Å². The fraction of sp³-hybridized carbons (Fsp3) is 0.273. The Balaban J connectivity index is 2.81. The van der Waals surface area contributed by atoms with E-state index in [0.717, 1.165) is 18.4 Å². The van der Waals surface area contributed by atoms with Gasteiger partial charge in [-0.2, -0.15) is 5.26 Å². The summed E-state index contributed by atoms with van der Waals surface area (Å²) in [7, 11) is 0. The minimum absolute atomic E-state index is 0.645. The fourth-order valence-corrected chi connectivity index (χ4v) is 1.14. The molecule has 0 amide bonds. The molecule has 1 rings (SSSR count). The van der Waals surface area contributed by atoms with Crippen LogP contribution in [0.3, 0.4) is 0 Å². The normalized spacial score (nSPS) is 9.23. The lowest BCUT2D eigenvalue weighted by Crippen LogP contribution is -1.97. The van der Waals surface area contributed by atoms with Crippen LogP contribution in [0, 0.1) is 16.7 Å². The molecule has 0 atom stereocenters. The summed E-state index contributed by atoms with van der Waals surface area (Å²) in [5.41, 5.74) is 2.21. The number of nitriles is 1. The molecule has 0 saturated heterocycles. The Morgan fingerprint density at radius 3 is 2.46 bits per heavy atom. The van der Waals surface area contributed by atoms with Gasteiger partial charge >= 0.3 is 0 Å². The summed E-state index contributed by atoms with van der Waals surface area (Å²) in [5, 5.41) is 16.2. The second-order valence-corrected chi connectivity index (χ2v) is 2.92. The second-order valence-electron chi connectivity index (χ2n) is 2.92. The molecule has 66 valence electrons. The maximum Gasteiger partial charge on any atom is 0.0991 e. The van der Waals surface area contributed by atoms with Crippen molar-refractivity contribution < 1.29 is 0 Å². The van der Waals surface area contributed by atoms with E-state index in [4.69, 9.17) is 10.7 Å². The Morgan fingerprint density at radius 1 is 1.38 bits per heavy atom. The minimum Gasteiger partial charge on any atom is -0.305 e. The summed E-state index contributed by atoms with van der Waals surface area (Å²) in [4.78, 5) is 0. The molecule has 2 nitrogen and oxygen atoms in total. The van der Waals surface area contributed by atoms with Gasteiger partial charge in [0.15, 0.2) is 0 Å². The van der Waals surface area contributed by atoms with Crippen LogP contribution in [0.2, 0.25) is 0 Å². The molecule has 1 N–H and O–H groups in total. The average molecular weight is 172 g/mol. The van der Waals surface area contributed by atoms with Crippen LogP contribution in [0.1, 0.15) is 30.9 Å². The van der Waals surface area contributed by atoms with E-state index in [2.05, 4.69) is 13.0 Å². The summed E-state index contributed by atoms with van der Waals surface area (Å²) in [6.07, 6.45) is 1.78. The number of rotatable bonds is 3. The molecule has 1 aromatic rings. The molecule has 0 aromatic heterocycles. The molecular formula is C11H12N2. The Hall–Kier alpha value is -1.62. The Labute approximate surface area is 78.3 Å². The van der Waals surface area contributed by atoms with Crippen molar-refractivity contribution in [1.29, 1.82) is 10.7 Å². The number of nitrogens with zero attached hydrogens (tertiary/aromatic N) is 1. The Kier molecular flexibility index (Phi) is 3.22. The predicted octanol–water partition coefficient (Wildman–Crippen LogP) is 2.73. The van der Waals surface area contributed by atoms with E-state index in [1.165, 1.54) is 0 Å². The molecular weight excluding hydrogens is 160 g/mol. The van der Waals surface area contributed by atoms with Crippen molar-refractivity contribution in [2.24, 2.45) is 0 Å². The van der Waals surface area contributed by atoms with E-state index in [1.807, 2.05) is 12.1 Å². The third kappa shape index (κ3) is 2.41. The Bertz CT molecular complexity index is 330. The van der Waals surface area contributed by atoms with Crippen molar-refractivity contribution in [3.05, 3.63) is 35.4 Å². The molecule has 0 spiro atoms. The summed E-state index contributed by atoms with van der Waals surface area (Å²) in [6.45, 7) is 2.05. The highest BCUT2D eigenvalue weighted by atomic mass is 14.4. The van der Waals surface area contributed by atoms with Gasteiger partial charge in [0.1, 0.15) is 0 Å². The molecule has 0 bridgehead atoms. The van der Waals surface area contributed by atoms with Crippen LogP contribution in [0.15, 0.2) is 24.3 Å². The van der Waals surface area contributed by atoms with Gasteiger partial charge in [-0.15, -0.1) is 0 Å². The van der Waals surface area contributed by atoms with E-state index >= 15 is 0 Å². The topological polar surface area (TPSA) is 47.6 Å². The van der Waals surface area contributed by atoms with Crippen LogP contribution in [0.5, 0.6) is 0 Å². The fourth-order valence-electron chi connectivity index (χ4n) is 1.14. The number of hydrogen-bond acceptors (Lipinski definition) is 2. The largest absolute Gasteiger partial charge is 0.305 e. The van der Waals surface area contributed by atoms with Crippen molar-refractivity contribution in [3.63, 3.8) is 0 Å². The molecule has 0 unspecified atom stereocenters. The highest BCUT2D eigenvalue weighted by Gasteiger charge is 1.99. The maximum atomic E-state index is 8.57. The second kappa shape index (κ2) is 4.42. The Morgan fingerprint density at radius 2 is 2.00 bits per heavy atom. The van der Waals surface area contributed by atoms with Gasteiger partial charge in [0.05, 0.1) is 11.6 Å². The van der Waals surface area contributed by atoms with Crippen LogP contribution in [0.25, 0.3) is 0 Å². The standard InChI is InChI=1S/C11H12N2/c1-2-3-11(13)10-6-4-9(8-12)5-7-10/h4-7,13H,2-3H2,1H3. The van der Waals surface area contributed by atoms with Crippen LogP contribution < -0.4 is 0 Å². The third-order valence-corrected chi connectivity index (χ3v) is 1.86. The van der Waals surface area contributed by atoms with Crippen molar-refractivity contribution in [2.45, 2.75) is 19.8 Å². The summed E-state index contributed by atoms with van der Waals surface area (Å²) < 4.78 is 0. The van der Waals surface area contributed by atoms with Crippen LogP contribution in [-0.4, -0.2) is 5.71 Å². The molecule has 0 radical (unpaired) electrons. The van der Waals surface area contributed by atoms with Gasteiger partial charge in [0, 0.05) is 5.71 Å². The van der Waals surface area contributed by atoms with Crippen LogP contribution >= 0.6 is 0 Å². The quantitative estimate of drug-likeness (QED) is 0.700. The summed E-state index contributed by atoms with van der Waals surface area (Å²) >= 11 is 0. The molecule has 13 heavy (non-hydrogen) atoms. The first-order valence-electron chi connectivity index (χ1n) is 4.36. The molecule has 0 aliphatic rings. The lowest BCUT2D eigenvalue weighted by atomic mass is 10.0. The SMILES string of the molecule is CCCC(=N)c1ccc(C#N)cc1. The van der Waals surface area contributed by atoms with E-state index in [-0.39, 0.29) is 0 Å². The van der Waals surface area contributed by atoms with E-state index in [9.17, 15) is 0 Å². The van der Waals surface area contributed by atoms with E-state index < -0.39 is 0 Å². The first-order valence-corrected chi connectivity index (χ1v) is 4.36. The van der Waals surface area contributed by atoms with Crippen molar-refractivity contribution >= 4 is 5.71 Å². The minimum atomic E-state index is 0.645. The average Bonchev–Trinajstić information content (AvgIpc) is 2.18. The number of hydrogen-bond donors (Lipinski definition) is 1. The molecule has 0 saturated carbocycles. The van der Waals surface area contributed by atoms with Gasteiger partial charge in [0.2, 0.25) is 0 Å². The van der Waals surface area contributed by atoms with E-state index in [0.29, 0.717) is 11.3 Å². The first kappa shape index (κ1) is 9.47. The van der Waals surface area contributed by atoms with Gasteiger partial charge < -0.3 is 5.41 Å². The highest BCUT2D eigenvalue weighted by Crippen LogP contribution is 2.07. The summed E-state index contributed by atoms with van der Waals surface area (Å²) in [6, 6.07) is 9.21. The molecule has 0 aliphatic heterocycles. The third-order valence-electron chi connectivity index (χ3n) is 1.86. The lowest BCUT2D eigenvalue weighted by molar-refractivity contribution is 0.986. The zero-order valence-corrected chi connectivity index (χ0v) is 7.67. The smallest absolute Gasteiger partial charge is 0.0991 e. The molecule has 2 heteroatoms. The van der Waals surface area contributed by atoms with Gasteiger partial charge in [-0.3, -0.25) is 0 Å². The zero-order valence-electron chi connectivity index (χ0n) is 7.67. The molecule has 0 heterocycles. The first-order chi connectivity index (χ1) is 6.27. The molecule has 0 aliphatic carbocycles. The van der Waals surface area contributed by atoms with E-state index in [1.54, 1.807) is 12.1 Å². The number of benzene rings is 1. The zero-order chi connectivity index (χ0) is 9.68. The summed E-state index contributed by atoms with van der Waals surface area (Å²) in [5.74, 6) is 0. The van der Waals surface area contributed by atoms with Gasteiger partial charge in [-0.05, 0) is 24.1 Å². The van der Waals surface area contributed by atoms with Gasteiger partial charge in [-0.25, -0.2) is 0 Å². The highest BCUT2D eigenvalue weighted by molar-refractivity contribution is 5.98. The van der Waals surface area contributed by atoms with Crippen molar-refractivity contribution in [1.82, 2.24) is 0 Å². The molecule has 1 aromatic carbocycles. The lowest BCUT2D eigenvalue weighted by Gasteiger charge is -2.01. The van der Waals surface area contributed by atoms with Crippen LogP contribution in [0.4, 0.5) is 0 Å².